The second kappa shape index (κ2) is 5.86. The van der Waals surface area contributed by atoms with Crippen molar-refractivity contribution in [1.82, 2.24) is 10.4 Å². The number of nitrogens with two attached hydrogens (primary N) is 1. The molecule has 0 aromatic heterocycles. The third-order valence-corrected chi connectivity index (χ3v) is 4.87. The van der Waals surface area contributed by atoms with Gasteiger partial charge in [0.05, 0.1) is 0 Å². The summed E-state index contributed by atoms with van der Waals surface area (Å²) >= 11 is 0. The molecule has 3 amide bonds. The number of quaternary nitrogens is 1. The van der Waals surface area contributed by atoms with Crippen LogP contribution in [0.15, 0.2) is 0 Å². The van der Waals surface area contributed by atoms with E-state index >= 15 is 0 Å². The molecule has 24 heavy (non-hydrogen) atoms. The van der Waals surface area contributed by atoms with Crippen LogP contribution in [0, 0.1) is 0 Å². The Balaban J connectivity index is 1.94. The lowest BCUT2D eigenvalue weighted by atomic mass is 10.00. The summed E-state index contributed by atoms with van der Waals surface area (Å²) in [4.78, 5) is 30.1. The smallest absolute Gasteiger partial charge is 0.364 e. The molecule has 3 aliphatic heterocycles. The Morgan fingerprint density at radius 1 is 1.42 bits per heavy atom. The number of hydroxylamine groups is 5. The molecule has 5 atom stereocenters. The van der Waals surface area contributed by atoms with Crippen molar-refractivity contribution in [2.45, 2.75) is 37.2 Å². The molecular weight excluding hydrogens is 351 g/mol. The number of primary amides is 1. The number of carbonyl (C=O) groups is 2. The summed E-state index contributed by atoms with van der Waals surface area (Å²) < 4.78 is 48.0. The summed E-state index contributed by atoms with van der Waals surface area (Å²) in [7, 11) is -4.94. The number of fused-ring (bicyclic) bond motifs is 2. The number of piperidine rings is 1. The number of alkyl halides is 1. The van der Waals surface area contributed by atoms with Crippen LogP contribution in [0.4, 0.5) is 9.18 Å². The predicted molar refractivity (Wildman–Crippen MR) is 73.6 cm³/mol. The molecule has 0 aromatic carbocycles. The third kappa shape index (κ3) is 2.87. The van der Waals surface area contributed by atoms with Crippen molar-refractivity contribution >= 4 is 22.3 Å². The first-order chi connectivity index (χ1) is 11.1. The summed E-state index contributed by atoms with van der Waals surface area (Å²) in [6.07, 6.45) is -2.04. The summed E-state index contributed by atoms with van der Waals surface area (Å²) in [6, 6.07) is -2.86. The van der Waals surface area contributed by atoms with Crippen molar-refractivity contribution in [2.75, 3.05) is 19.6 Å². The van der Waals surface area contributed by atoms with Crippen LogP contribution in [0.2, 0.25) is 0 Å². The average molecular weight is 369 g/mol. The fourth-order valence-corrected chi connectivity index (χ4v) is 3.88. The van der Waals surface area contributed by atoms with Crippen LogP contribution in [0.25, 0.3) is 0 Å². The van der Waals surface area contributed by atoms with E-state index in [4.69, 9.17) is 15.1 Å². The van der Waals surface area contributed by atoms with Gasteiger partial charge in [-0.15, -0.1) is 9.35 Å². The summed E-state index contributed by atoms with van der Waals surface area (Å²) in [5, 5.41) is 3.22. The van der Waals surface area contributed by atoms with Gasteiger partial charge in [0.1, 0.15) is 18.8 Å². The van der Waals surface area contributed by atoms with Crippen LogP contribution in [-0.2, 0) is 24.3 Å². The first kappa shape index (κ1) is 17.4. The first-order valence-corrected chi connectivity index (χ1v) is 8.71. The molecule has 3 rings (SSSR count). The van der Waals surface area contributed by atoms with E-state index in [9.17, 15) is 22.4 Å². The van der Waals surface area contributed by atoms with Gasteiger partial charge in [0.25, 0.3) is 5.91 Å². The van der Waals surface area contributed by atoms with Crippen molar-refractivity contribution in [3.8, 4) is 0 Å². The summed E-state index contributed by atoms with van der Waals surface area (Å²) in [5.74, 6) is -0.822. The zero-order chi connectivity index (χ0) is 17.7. The fraction of sp³-hybridized carbons (Fsp3) is 0.818. The second-order valence-corrected chi connectivity index (χ2v) is 7.06. The molecule has 3 heterocycles. The molecule has 4 N–H and O–H groups in total. The van der Waals surface area contributed by atoms with E-state index in [1.165, 1.54) is 0 Å². The molecule has 3 fully saturated rings. The zero-order valence-corrected chi connectivity index (χ0v) is 13.3. The van der Waals surface area contributed by atoms with Crippen LogP contribution in [0.5, 0.6) is 0 Å². The quantitative estimate of drug-likeness (QED) is 0.381. The number of hydrogen-bond donors (Lipinski definition) is 3. The first-order valence-electron chi connectivity index (χ1n) is 7.35. The van der Waals surface area contributed by atoms with Crippen LogP contribution < -0.4 is 11.1 Å². The number of hydrogen-bond acceptors (Lipinski definition) is 7. The van der Waals surface area contributed by atoms with Gasteiger partial charge in [0.15, 0.2) is 6.10 Å². The lowest BCUT2D eigenvalue weighted by Gasteiger charge is -2.37. The van der Waals surface area contributed by atoms with E-state index in [1.807, 2.05) is 0 Å². The standard InChI is InChI=1S/C11H17FN4O7S/c12-7-3-14-4-9(7)22-16-5-6(1-2-8(16)10(13)17)15(11(16)18)23-24(19,20)21/h6-9,14H,1-5H2,(H2-,13,17,19,20,21)/p+1/t6-,7?,8+,9?,16?/m1/s1. The van der Waals surface area contributed by atoms with Gasteiger partial charge in [-0.25, -0.2) is 9.18 Å². The molecular formula is C11H18FN4O7S+. The van der Waals surface area contributed by atoms with Crippen molar-refractivity contribution in [2.24, 2.45) is 5.73 Å². The molecule has 0 aromatic rings. The van der Waals surface area contributed by atoms with Gasteiger partial charge in [-0.1, -0.05) is 4.65 Å². The molecule has 3 saturated heterocycles. The zero-order valence-electron chi connectivity index (χ0n) is 12.5. The molecule has 136 valence electrons. The normalized spacial score (nSPS) is 39.4. The number of halogens is 1. The van der Waals surface area contributed by atoms with Crippen molar-refractivity contribution in [3.05, 3.63) is 0 Å². The van der Waals surface area contributed by atoms with Gasteiger partial charge in [-0.3, -0.25) is 9.35 Å². The van der Waals surface area contributed by atoms with E-state index in [0.717, 1.165) is 0 Å². The number of nitrogens with one attached hydrogen (secondary N) is 1. The van der Waals surface area contributed by atoms with Gasteiger partial charge in [0.2, 0.25) is 6.04 Å². The second-order valence-electron chi connectivity index (χ2n) is 6.06. The van der Waals surface area contributed by atoms with E-state index in [-0.39, 0.29) is 32.5 Å². The number of carbonyl (C=O) groups excluding carboxylic acids is 2. The lowest BCUT2D eigenvalue weighted by molar-refractivity contribution is -1.06. The van der Waals surface area contributed by atoms with Crippen LogP contribution in [-0.4, -0.2) is 78.6 Å². The minimum atomic E-state index is -4.94. The van der Waals surface area contributed by atoms with Gasteiger partial charge in [0, 0.05) is 19.5 Å². The highest BCUT2D eigenvalue weighted by Crippen LogP contribution is 2.39. The Labute approximate surface area is 136 Å². The third-order valence-electron chi connectivity index (χ3n) is 4.52. The van der Waals surface area contributed by atoms with Crippen LogP contribution in [0.3, 0.4) is 0 Å². The predicted octanol–water partition coefficient (Wildman–Crippen LogP) is -1.77. The summed E-state index contributed by atoms with van der Waals surface area (Å²) in [6.45, 7) is 0.0314. The molecule has 13 heteroatoms. The van der Waals surface area contributed by atoms with Crippen molar-refractivity contribution in [3.63, 3.8) is 0 Å². The molecule has 11 nitrogen and oxygen atoms in total. The minimum Gasteiger partial charge on any atom is -0.364 e. The number of urea groups is 1. The highest BCUT2D eigenvalue weighted by Gasteiger charge is 2.66. The van der Waals surface area contributed by atoms with E-state index < -0.39 is 51.3 Å². The average Bonchev–Trinajstić information content (AvgIpc) is 2.94. The summed E-state index contributed by atoms with van der Waals surface area (Å²) in [5.41, 5.74) is 5.36. The highest BCUT2D eigenvalue weighted by atomic mass is 32.3. The van der Waals surface area contributed by atoms with Crippen molar-refractivity contribution < 1.29 is 40.7 Å². The van der Waals surface area contributed by atoms with E-state index in [2.05, 4.69) is 9.60 Å². The van der Waals surface area contributed by atoms with Crippen LogP contribution >= 0.6 is 0 Å². The number of nitrogens with zero attached hydrogens (tertiary/aromatic N) is 2. The Morgan fingerprint density at radius 2 is 2.12 bits per heavy atom. The maximum atomic E-state index is 13.9. The van der Waals surface area contributed by atoms with E-state index in [1.54, 1.807) is 0 Å². The SMILES string of the molecule is NC(=O)[C@@H]1CC[C@@H]2C[N+]1(OC1CNCC1F)C(=O)N2OS(=O)(=O)O. The monoisotopic (exact) mass is 369 g/mol. The Kier molecular flexibility index (Phi) is 4.26. The molecule has 2 bridgehead atoms. The molecule has 3 aliphatic rings. The maximum Gasteiger partial charge on any atom is 0.477 e. The van der Waals surface area contributed by atoms with Gasteiger partial charge in [-0.2, -0.15) is 13.3 Å². The number of amides is 3. The minimum absolute atomic E-state index is 0.0365. The topological polar surface area (TPSA) is 148 Å². The van der Waals surface area contributed by atoms with E-state index in [0.29, 0.717) is 5.06 Å². The maximum absolute atomic E-state index is 13.9. The molecule has 0 aliphatic carbocycles. The molecule has 0 spiro atoms. The number of rotatable bonds is 5. The highest BCUT2D eigenvalue weighted by molar-refractivity contribution is 7.80. The largest absolute Gasteiger partial charge is 0.477 e. The Hall–Kier alpha value is -1.38. The molecule has 0 saturated carbocycles. The Morgan fingerprint density at radius 3 is 2.67 bits per heavy atom. The molecule has 3 unspecified atom stereocenters. The molecule has 0 radical (unpaired) electrons. The van der Waals surface area contributed by atoms with Gasteiger partial charge in [-0.05, 0) is 6.42 Å². The lowest BCUT2D eigenvalue weighted by Crippen LogP contribution is -2.64. The van der Waals surface area contributed by atoms with Crippen molar-refractivity contribution in [1.29, 1.82) is 0 Å². The van der Waals surface area contributed by atoms with Gasteiger partial charge >= 0.3 is 16.4 Å². The van der Waals surface area contributed by atoms with Gasteiger partial charge < -0.3 is 11.1 Å². The fourth-order valence-electron chi connectivity index (χ4n) is 3.49. The van der Waals surface area contributed by atoms with Crippen LogP contribution in [0.1, 0.15) is 12.8 Å². The Bertz CT molecular complexity index is 661.